The van der Waals surface area contributed by atoms with Gasteiger partial charge in [0, 0.05) is 6.42 Å². The summed E-state index contributed by atoms with van der Waals surface area (Å²) in [6.07, 6.45) is 2.15. The van der Waals surface area contributed by atoms with Crippen LogP contribution >= 0.6 is 0 Å². The molecular weight excluding hydrogens is 202 g/mol. The minimum atomic E-state index is 0.581. The van der Waals surface area contributed by atoms with Gasteiger partial charge < -0.3 is 14.8 Å². The molecule has 1 aromatic carbocycles. The van der Waals surface area contributed by atoms with Crippen molar-refractivity contribution in [2.24, 2.45) is 0 Å². The van der Waals surface area contributed by atoms with Gasteiger partial charge in [-0.3, -0.25) is 0 Å². The molecule has 2 aliphatic rings. The van der Waals surface area contributed by atoms with E-state index >= 15 is 0 Å². The van der Waals surface area contributed by atoms with Crippen LogP contribution in [-0.2, 0) is 17.6 Å². The smallest absolute Gasteiger partial charge is 0.122 e. The van der Waals surface area contributed by atoms with Gasteiger partial charge in [0.1, 0.15) is 5.75 Å². The van der Waals surface area contributed by atoms with E-state index in [1.807, 2.05) is 0 Å². The predicted molar refractivity (Wildman–Crippen MR) is 62.0 cm³/mol. The van der Waals surface area contributed by atoms with Gasteiger partial charge in [0.2, 0.25) is 0 Å². The Morgan fingerprint density at radius 1 is 1.31 bits per heavy atom. The number of fused-ring (bicyclic) bond motifs is 1. The maximum Gasteiger partial charge on any atom is 0.122 e. The maximum atomic E-state index is 5.49. The Hall–Kier alpha value is -1.06. The average molecular weight is 219 g/mol. The minimum absolute atomic E-state index is 0.581. The van der Waals surface area contributed by atoms with Gasteiger partial charge in [-0.05, 0) is 30.2 Å². The highest BCUT2D eigenvalue weighted by Crippen LogP contribution is 2.25. The Morgan fingerprint density at radius 2 is 2.25 bits per heavy atom. The van der Waals surface area contributed by atoms with Gasteiger partial charge in [0.25, 0.3) is 0 Å². The summed E-state index contributed by atoms with van der Waals surface area (Å²) in [6.45, 7) is 3.63. The fourth-order valence-electron chi connectivity index (χ4n) is 2.17. The van der Waals surface area contributed by atoms with Crippen LogP contribution in [0.3, 0.4) is 0 Å². The zero-order valence-corrected chi connectivity index (χ0v) is 9.37. The Bertz CT molecular complexity index is 374. The summed E-state index contributed by atoms with van der Waals surface area (Å²) in [5, 5.41) is 3.48. The topological polar surface area (TPSA) is 30.5 Å². The van der Waals surface area contributed by atoms with Crippen LogP contribution in [0, 0.1) is 0 Å². The lowest BCUT2D eigenvalue weighted by molar-refractivity contribution is -0.00467. The Balaban J connectivity index is 1.53. The fraction of sp³-hybridized carbons (Fsp3) is 0.538. The third-order valence-corrected chi connectivity index (χ3v) is 3.24. The molecule has 0 atom stereocenters. The van der Waals surface area contributed by atoms with Crippen LogP contribution in [-0.4, -0.2) is 32.4 Å². The molecule has 3 nitrogen and oxygen atoms in total. The molecule has 0 aliphatic carbocycles. The van der Waals surface area contributed by atoms with Crippen molar-refractivity contribution in [3.63, 3.8) is 0 Å². The molecule has 86 valence electrons. The quantitative estimate of drug-likeness (QED) is 0.824. The van der Waals surface area contributed by atoms with Crippen LogP contribution in [0.2, 0.25) is 0 Å². The molecule has 0 amide bonds. The number of ether oxygens (including phenoxy) is 2. The van der Waals surface area contributed by atoms with E-state index in [4.69, 9.17) is 9.47 Å². The van der Waals surface area contributed by atoms with Gasteiger partial charge in [0.05, 0.1) is 25.9 Å². The van der Waals surface area contributed by atoms with Gasteiger partial charge in [-0.1, -0.05) is 12.1 Å². The fourth-order valence-corrected chi connectivity index (χ4v) is 2.17. The van der Waals surface area contributed by atoms with Crippen molar-refractivity contribution in [1.29, 1.82) is 0 Å². The third kappa shape index (κ3) is 2.06. The van der Waals surface area contributed by atoms with Crippen LogP contribution in [0.5, 0.6) is 5.75 Å². The number of nitrogens with one attached hydrogen (secondary N) is 1. The van der Waals surface area contributed by atoms with Gasteiger partial charge in [-0.15, -0.1) is 0 Å². The molecule has 0 spiro atoms. The molecule has 1 N–H and O–H groups in total. The third-order valence-electron chi connectivity index (χ3n) is 3.24. The van der Waals surface area contributed by atoms with Crippen molar-refractivity contribution in [2.75, 3.05) is 26.4 Å². The molecular formula is C13H17NO2. The Morgan fingerprint density at radius 3 is 3.06 bits per heavy atom. The summed E-state index contributed by atoms with van der Waals surface area (Å²) in [5.41, 5.74) is 2.77. The van der Waals surface area contributed by atoms with Crippen molar-refractivity contribution in [2.45, 2.75) is 18.9 Å². The van der Waals surface area contributed by atoms with Gasteiger partial charge in [-0.25, -0.2) is 0 Å². The minimum Gasteiger partial charge on any atom is -0.493 e. The second-order valence-corrected chi connectivity index (χ2v) is 4.48. The van der Waals surface area contributed by atoms with E-state index in [0.717, 1.165) is 45.0 Å². The lowest BCUT2D eigenvalue weighted by Gasteiger charge is -2.26. The van der Waals surface area contributed by atoms with Crippen molar-refractivity contribution >= 4 is 0 Å². The Labute approximate surface area is 95.8 Å². The van der Waals surface area contributed by atoms with Crippen LogP contribution in [0.15, 0.2) is 18.2 Å². The first-order valence-corrected chi connectivity index (χ1v) is 5.97. The highest BCUT2D eigenvalue weighted by molar-refractivity contribution is 5.39. The highest BCUT2D eigenvalue weighted by Gasteiger charge is 2.17. The standard InChI is InChI=1S/C13H17NO2/c1-2-13-11(4-6-16-13)7-10(1)3-5-14-12-8-15-9-12/h1-2,7,12,14H,3-6,8-9H2. The average Bonchev–Trinajstić information content (AvgIpc) is 2.68. The molecule has 0 bridgehead atoms. The lowest BCUT2D eigenvalue weighted by Crippen LogP contribution is -2.46. The number of benzene rings is 1. The second kappa shape index (κ2) is 4.44. The normalized spacial score (nSPS) is 19.0. The first-order valence-electron chi connectivity index (χ1n) is 5.97. The number of rotatable bonds is 4. The molecule has 2 aliphatic heterocycles. The lowest BCUT2D eigenvalue weighted by atomic mass is 10.1. The zero-order chi connectivity index (χ0) is 10.8. The van der Waals surface area contributed by atoms with Crippen molar-refractivity contribution in [3.05, 3.63) is 29.3 Å². The number of hydrogen-bond acceptors (Lipinski definition) is 3. The molecule has 2 heterocycles. The maximum absolute atomic E-state index is 5.49. The first-order chi connectivity index (χ1) is 7.92. The van der Waals surface area contributed by atoms with E-state index < -0.39 is 0 Å². The summed E-state index contributed by atoms with van der Waals surface area (Å²) in [4.78, 5) is 0. The van der Waals surface area contributed by atoms with E-state index in [9.17, 15) is 0 Å². The zero-order valence-electron chi connectivity index (χ0n) is 9.37. The van der Waals surface area contributed by atoms with Crippen LogP contribution in [0.25, 0.3) is 0 Å². The summed E-state index contributed by atoms with van der Waals surface area (Å²) < 4.78 is 10.6. The molecule has 0 saturated carbocycles. The summed E-state index contributed by atoms with van der Waals surface area (Å²) in [6, 6.07) is 7.13. The van der Waals surface area contributed by atoms with E-state index in [1.165, 1.54) is 11.1 Å². The van der Waals surface area contributed by atoms with Crippen LogP contribution in [0.1, 0.15) is 11.1 Å². The van der Waals surface area contributed by atoms with Gasteiger partial charge in [0.15, 0.2) is 0 Å². The van der Waals surface area contributed by atoms with E-state index in [-0.39, 0.29) is 0 Å². The van der Waals surface area contributed by atoms with Crippen molar-refractivity contribution in [3.8, 4) is 5.75 Å². The highest BCUT2D eigenvalue weighted by atomic mass is 16.5. The SMILES string of the molecule is c1cc2c(cc1CCNC1COC1)CCO2. The molecule has 1 saturated heterocycles. The molecule has 0 unspecified atom stereocenters. The largest absolute Gasteiger partial charge is 0.493 e. The molecule has 3 rings (SSSR count). The van der Waals surface area contributed by atoms with Crippen molar-refractivity contribution < 1.29 is 9.47 Å². The first kappa shape index (κ1) is 10.1. The van der Waals surface area contributed by atoms with Crippen molar-refractivity contribution in [1.82, 2.24) is 5.32 Å². The monoisotopic (exact) mass is 219 g/mol. The van der Waals surface area contributed by atoms with Crippen LogP contribution in [0.4, 0.5) is 0 Å². The molecule has 1 fully saturated rings. The predicted octanol–water partition coefficient (Wildman–Crippen LogP) is 1.15. The molecule has 1 aromatic rings. The molecule has 3 heteroatoms. The van der Waals surface area contributed by atoms with E-state index in [2.05, 4.69) is 23.5 Å². The molecule has 0 radical (unpaired) electrons. The molecule has 0 aromatic heterocycles. The summed E-state index contributed by atoms with van der Waals surface area (Å²) in [5.74, 6) is 1.07. The summed E-state index contributed by atoms with van der Waals surface area (Å²) in [7, 11) is 0. The molecule has 16 heavy (non-hydrogen) atoms. The van der Waals surface area contributed by atoms with E-state index in [1.54, 1.807) is 0 Å². The van der Waals surface area contributed by atoms with Gasteiger partial charge in [-0.2, -0.15) is 0 Å². The Kier molecular flexibility index (Phi) is 2.80. The summed E-state index contributed by atoms with van der Waals surface area (Å²) >= 11 is 0. The van der Waals surface area contributed by atoms with Gasteiger partial charge >= 0.3 is 0 Å². The number of hydrogen-bond donors (Lipinski definition) is 1. The van der Waals surface area contributed by atoms with Crippen LogP contribution < -0.4 is 10.1 Å². The second-order valence-electron chi connectivity index (χ2n) is 4.48. The van der Waals surface area contributed by atoms with E-state index in [0.29, 0.717) is 6.04 Å².